The topological polar surface area (TPSA) is 89.0 Å². The highest BCUT2D eigenvalue weighted by atomic mass is 15.0. The largest absolute Gasteiger partial charge is 0.287 e. The summed E-state index contributed by atoms with van der Waals surface area (Å²) in [6.45, 7) is 28.6. The molecular formula is C77H86N9+3. The van der Waals surface area contributed by atoms with Gasteiger partial charge in [-0.2, -0.15) is 0 Å². The summed E-state index contributed by atoms with van der Waals surface area (Å²) in [7, 11) is 6.29. The minimum absolute atomic E-state index is 0.261. The van der Waals surface area contributed by atoms with E-state index in [0.29, 0.717) is 5.92 Å². The molecule has 4 aliphatic carbocycles. The Morgan fingerprint density at radius 1 is 0.442 bits per heavy atom. The van der Waals surface area contributed by atoms with Gasteiger partial charge in [0.2, 0.25) is 0 Å². The van der Waals surface area contributed by atoms with Crippen molar-refractivity contribution in [1.29, 1.82) is 0 Å². The lowest BCUT2D eigenvalue weighted by atomic mass is 9.89. The van der Waals surface area contributed by atoms with E-state index in [-0.39, 0.29) is 5.41 Å². The van der Waals surface area contributed by atoms with E-state index in [1.165, 1.54) is 148 Å². The Hall–Kier alpha value is -8.43. The Bertz CT molecular complexity index is 4200. The molecule has 0 bridgehead atoms. The summed E-state index contributed by atoms with van der Waals surface area (Å²) in [5.74, 6) is 0.702. The van der Waals surface area contributed by atoms with E-state index in [2.05, 4.69) is 220 Å². The highest BCUT2D eigenvalue weighted by Gasteiger charge is 2.33. The Morgan fingerprint density at radius 2 is 0.860 bits per heavy atom. The minimum atomic E-state index is 0.261. The zero-order valence-electron chi connectivity index (χ0n) is 53.9. The number of benzene rings is 3. The van der Waals surface area contributed by atoms with Crippen molar-refractivity contribution < 1.29 is 13.7 Å². The Kier molecular flexibility index (Phi) is 16.7. The predicted octanol–water partition coefficient (Wildman–Crippen LogP) is 15.2. The lowest BCUT2D eigenvalue weighted by Crippen LogP contribution is -2.33. The van der Waals surface area contributed by atoms with Gasteiger partial charge in [-0.15, -0.1) is 0 Å². The molecule has 13 rings (SSSR count). The van der Waals surface area contributed by atoms with Gasteiger partial charge in [-0.3, -0.25) is 15.0 Å². The first kappa shape index (κ1) is 59.3. The third kappa shape index (κ3) is 11.9. The number of rotatable bonds is 8. The van der Waals surface area contributed by atoms with Crippen LogP contribution in [0.3, 0.4) is 0 Å². The summed E-state index contributed by atoms with van der Waals surface area (Å²) < 4.78 is 6.49. The molecule has 1 fully saturated rings. The number of allylic oxidation sites excluding steroid dienone is 3. The number of pyridine rings is 3. The molecule has 0 radical (unpaired) electrons. The monoisotopic (exact) mass is 1140 g/mol. The van der Waals surface area contributed by atoms with Crippen molar-refractivity contribution in [2.75, 3.05) is 0 Å². The fourth-order valence-corrected chi connectivity index (χ4v) is 13.6. The molecule has 9 nitrogen and oxygen atoms in total. The zero-order chi connectivity index (χ0) is 60.9. The summed E-state index contributed by atoms with van der Waals surface area (Å²) in [6, 6.07) is 26.7. The number of hydrogen-bond donors (Lipinski definition) is 0. The van der Waals surface area contributed by atoms with Crippen LogP contribution in [0.5, 0.6) is 0 Å². The SMILES string of the molecule is Cc1cc(C)c(C)c(-c2c3c(nc[n+]2C)C(c2ccc(C)nc2)=CC3)c1.Cc1cc(C)c(C)c(-c2c3c(nc[n+]2C)C(c2ccc(C4CCCC4)cn2)=CC3)c1.Cc1cc(C)c(C)c(-c2c3c(nc[n+]2C)C(c2ccc(CC(C)(C)C)cn2)=CC3)c1. The molecule has 9 heteroatoms. The van der Waals surface area contributed by atoms with Crippen molar-refractivity contribution in [3.8, 4) is 33.8 Å². The highest BCUT2D eigenvalue weighted by molar-refractivity contribution is 5.87. The Balaban J connectivity index is 0.000000134. The fourth-order valence-electron chi connectivity index (χ4n) is 13.6. The van der Waals surface area contributed by atoms with E-state index in [1.54, 1.807) is 0 Å². The molecule has 0 unspecified atom stereocenters. The summed E-state index contributed by atoms with van der Waals surface area (Å²) in [6.07, 6.45) is 27.8. The maximum atomic E-state index is 4.86. The van der Waals surface area contributed by atoms with Crippen molar-refractivity contribution in [1.82, 2.24) is 29.9 Å². The molecule has 0 saturated heterocycles. The fraction of sp³-hybridized carbons (Fsp3) is 0.338. The van der Waals surface area contributed by atoms with Crippen molar-refractivity contribution in [2.24, 2.45) is 26.6 Å². The molecule has 6 heterocycles. The maximum absolute atomic E-state index is 4.86. The molecule has 0 atom stereocenters. The van der Waals surface area contributed by atoms with Gasteiger partial charge in [-0.05, 0) is 196 Å². The molecule has 0 N–H and O–H groups in total. The molecule has 0 spiro atoms. The van der Waals surface area contributed by atoms with Crippen LogP contribution in [0.1, 0.15) is 170 Å². The van der Waals surface area contributed by atoms with E-state index >= 15 is 0 Å². The van der Waals surface area contributed by atoms with Crippen LogP contribution in [0.25, 0.3) is 50.5 Å². The lowest BCUT2D eigenvalue weighted by molar-refractivity contribution is -0.664. The quantitative estimate of drug-likeness (QED) is 0.141. The molecule has 4 aliphatic rings. The summed E-state index contributed by atoms with van der Waals surface area (Å²) >= 11 is 0. The van der Waals surface area contributed by atoms with Gasteiger partial charge in [-0.25, -0.2) is 13.7 Å². The number of aromatic nitrogens is 9. The molecule has 86 heavy (non-hydrogen) atoms. The van der Waals surface area contributed by atoms with Crippen molar-refractivity contribution in [2.45, 2.75) is 147 Å². The molecule has 6 aromatic heterocycles. The van der Waals surface area contributed by atoms with Crippen LogP contribution in [0, 0.1) is 74.7 Å². The van der Waals surface area contributed by atoms with Crippen LogP contribution in [0.4, 0.5) is 0 Å². The van der Waals surface area contributed by atoms with E-state index in [1.807, 2.05) is 38.3 Å². The smallest absolute Gasteiger partial charge is 0.261 e. The second kappa shape index (κ2) is 24.1. The second-order valence-corrected chi connectivity index (χ2v) is 26.3. The molecule has 436 valence electrons. The second-order valence-electron chi connectivity index (χ2n) is 26.3. The molecule has 0 amide bonds. The summed E-state index contributed by atoms with van der Waals surface area (Å²) in [4.78, 5) is 28.5. The molecule has 3 aromatic carbocycles. The van der Waals surface area contributed by atoms with E-state index in [4.69, 9.17) is 24.9 Å². The molecule has 1 saturated carbocycles. The van der Waals surface area contributed by atoms with E-state index < -0.39 is 0 Å². The van der Waals surface area contributed by atoms with Crippen molar-refractivity contribution in [3.63, 3.8) is 0 Å². The third-order valence-electron chi connectivity index (χ3n) is 18.3. The van der Waals surface area contributed by atoms with Gasteiger partial charge in [0, 0.05) is 82.5 Å². The first-order valence-electron chi connectivity index (χ1n) is 31.0. The van der Waals surface area contributed by atoms with Crippen LogP contribution >= 0.6 is 0 Å². The van der Waals surface area contributed by atoms with Gasteiger partial charge in [0.05, 0.1) is 49.2 Å². The molecule has 0 aliphatic heterocycles. The summed E-state index contributed by atoms with van der Waals surface area (Å²) in [5, 5.41) is 0. The number of aryl methyl sites for hydroxylation is 10. The van der Waals surface area contributed by atoms with Crippen LogP contribution < -0.4 is 13.7 Å². The molecule has 9 aromatic rings. The highest BCUT2D eigenvalue weighted by Crippen LogP contribution is 2.41. The van der Waals surface area contributed by atoms with Gasteiger partial charge in [0.1, 0.15) is 17.1 Å². The average molecular weight is 1140 g/mol. The van der Waals surface area contributed by atoms with Gasteiger partial charge in [0.25, 0.3) is 19.0 Å². The van der Waals surface area contributed by atoms with Crippen LogP contribution in [0.15, 0.2) is 129 Å². The van der Waals surface area contributed by atoms with Crippen molar-refractivity contribution in [3.05, 3.63) is 246 Å². The average Bonchev–Trinajstić information content (AvgIpc) is 1.78. The van der Waals surface area contributed by atoms with Crippen LogP contribution in [-0.4, -0.2) is 29.9 Å². The number of fused-ring (bicyclic) bond motifs is 3. The van der Waals surface area contributed by atoms with E-state index in [0.717, 1.165) is 71.0 Å². The van der Waals surface area contributed by atoms with Gasteiger partial charge < -0.3 is 0 Å². The number of nitrogens with zero attached hydrogens (tertiary/aromatic N) is 9. The first-order chi connectivity index (χ1) is 41.1. The summed E-state index contributed by atoms with van der Waals surface area (Å²) in [5.41, 5.74) is 37.5. The van der Waals surface area contributed by atoms with E-state index in [9.17, 15) is 0 Å². The van der Waals surface area contributed by atoms with Crippen LogP contribution in [0.2, 0.25) is 0 Å². The third-order valence-corrected chi connectivity index (χ3v) is 18.3. The standard InChI is InChI=1S/C27H30N3.C27H32N3.C23H24N3/c1-17-13-18(2)19(3)24(14-17)27-23-11-10-22(26(23)29-16-30(27)4)25-12-9-21(15-28-25)20-7-5-6-8-20;1-17-12-18(2)19(3)23(13-17)26-22-10-9-21(25(22)29-16-30(26)7)24-11-8-20(15-28-24)14-27(4,5)6;1-14-10-15(2)17(4)21(11-14)23-20-9-8-19(22(20)25-13-26(23)5)18-7-6-16(3)24-12-18/h9-10,12-16,20H,5-8,11H2,1-4H3;8-9,11-13,15-16H,10,14H2,1-7H3;6-8,10-13H,9H2,1-5H3/q3*+1. The van der Waals surface area contributed by atoms with Crippen LogP contribution in [-0.2, 0) is 46.8 Å². The minimum Gasteiger partial charge on any atom is -0.261 e. The number of hydrogen-bond acceptors (Lipinski definition) is 6. The normalized spacial score (nSPS) is 14.2. The predicted molar refractivity (Wildman–Crippen MR) is 349 cm³/mol. The van der Waals surface area contributed by atoms with Crippen molar-refractivity contribution >= 4 is 16.7 Å². The lowest BCUT2D eigenvalue weighted by Gasteiger charge is -2.17. The Labute approximate surface area is 511 Å². The van der Waals surface area contributed by atoms with Gasteiger partial charge in [-0.1, -0.05) is 105 Å². The van der Waals surface area contributed by atoms with Gasteiger partial charge in [0.15, 0.2) is 17.1 Å². The maximum Gasteiger partial charge on any atom is 0.287 e. The Morgan fingerprint density at radius 3 is 1.24 bits per heavy atom. The zero-order valence-corrected chi connectivity index (χ0v) is 53.9. The first-order valence-corrected chi connectivity index (χ1v) is 31.0. The van der Waals surface area contributed by atoms with Gasteiger partial charge >= 0.3 is 0 Å². The molecular weight excluding hydrogens is 1050 g/mol.